The van der Waals surface area contributed by atoms with E-state index in [9.17, 15) is 4.79 Å². The Hall–Kier alpha value is -1.67. The predicted molar refractivity (Wildman–Crippen MR) is 67.0 cm³/mol. The molecule has 1 unspecified atom stereocenters. The molecule has 0 spiro atoms. The fourth-order valence-electron chi connectivity index (χ4n) is 1.99. The molecule has 1 saturated heterocycles. The lowest BCUT2D eigenvalue weighted by atomic mass is 10.2. The molecule has 2 heterocycles. The molecule has 8 nitrogen and oxygen atoms in total. The number of nitrogens with zero attached hydrogens (tertiary/aromatic N) is 4. The average Bonchev–Trinajstić information content (AvgIpc) is 2.77. The molecule has 1 aromatic rings. The maximum atomic E-state index is 11.8. The summed E-state index contributed by atoms with van der Waals surface area (Å²) >= 11 is 0. The molecule has 1 aliphatic rings. The molecule has 4 N–H and O–H groups in total. The van der Waals surface area contributed by atoms with Crippen LogP contribution in [0.4, 0.5) is 5.95 Å². The van der Waals surface area contributed by atoms with E-state index in [4.69, 9.17) is 5.73 Å². The molecule has 2 rings (SSSR count). The first-order chi connectivity index (χ1) is 8.56. The number of aromatic amines is 1. The van der Waals surface area contributed by atoms with Crippen LogP contribution < -0.4 is 11.1 Å². The SMILES string of the molecule is CN1CCN(C)C(CNC(=O)c2nc(N)n[nH]2)C1. The predicted octanol–water partition coefficient (Wildman–Crippen LogP) is -1.64. The van der Waals surface area contributed by atoms with Crippen LogP contribution in [0.2, 0.25) is 0 Å². The summed E-state index contributed by atoms with van der Waals surface area (Å²) in [7, 11) is 4.15. The number of nitrogens with one attached hydrogen (secondary N) is 2. The van der Waals surface area contributed by atoms with Crippen molar-refractivity contribution in [1.29, 1.82) is 0 Å². The summed E-state index contributed by atoms with van der Waals surface area (Å²) in [5.41, 5.74) is 5.35. The number of hydrogen-bond acceptors (Lipinski definition) is 6. The van der Waals surface area contributed by atoms with Crippen LogP contribution in [-0.2, 0) is 0 Å². The molecular formula is C10H19N7O. The second-order valence-corrected chi connectivity index (χ2v) is 4.65. The zero-order valence-electron chi connectivity index (χ0n) is 10.7. The first-order valence-electron chi connectivity index (χ1n) is 5.91. The molecule has 0 aliphatic carbocycles. The second-order valence-electron chi connectivity index (χ2n) is 4.65. The monoisotopic (exact) mass is 253 g/mol. The van der Waals surface area contributed by atoms with Crippen LogP contribution in [0.3, 0.4) is 0 Å². The van der Waals surface area contributed by atoms with Gasteiger partial charge in [-0.2, -0.15) is 4.98 Å². The molecule has 1 aromatic heterocycles. The Bertz CT molecular complexity index is 418. The Morgan fingerprint density at radius 3 is 3.00 bits per heavy atom. The van der Waals surface area contributed by atoms with Crippen LogP contribution in [-0.4, -0.2) is 77.2 Å². The summed E-state index contributed by atoms with van der Waals surface area (Å²) in [6, 6.07) is 0.313. The van der Waals surface area contributed by atoms with Gasteiger partial charge in [0, 0.05) is 32.2 Å². The standard InChI is InChI=1S/C10H19N7O/c1-16-3-4-17(2)7(6-16)5-12-9(18)8-13-10(11)15-14-8/h7H,3-6H2,1-2H3,(H,12,18)(H3,11,13,14,15). The fourth-order valence-corrected chi connectivity index (χ4v) is 1.99. The van der Waals surface area contributed by atoms with E-state index < -0.39 is 0 Å². The lowest BCUT2D eigenvalue weighted by Gasteiger charge is -2.37. The number of hydrogen-bond donors (Lipinski definition) is 3. The Morgan fingerprint density at radius 2 is 2.33 bits per heavy atom. The largest absolute Gasteiger partial charge is 0.366 e. The summed E-state index contributed by atoms with van der Waals surface area (Å²) in [6.07, 6.45) is 0. The normalized spacial score (nSPS) is 22.0. The van der Waals surface area contributed by atoms with Gasteiger partial charge in [0.15, 0.2) is 0 Å². The Morgan fingerprint density at radius 1 is 1.56 bits per heavy atom. The Kier molecular flexibility index (Phi) is 3.78. The van der Waals surface area contributed by atoms with Crippen molar-refractivity contribution < 1.29 is 4.79 Å². The lowest BCUT2D eigenvalue weighted by Crippen LogP contribution is -2.54. The van der Waals surface area contributed by atoms with E-state index in [0.29, 0.717) is 12.6 Å². The van der Waals surface area contributed by atoms with Gasteiger partial charge in [0.05, 0.1) is 0 Å². The van der Waals surface area contributed by atoms with Gasteiger partial charge >= 0.3 is 0 Å². The number of carbonyl (C=O) groups is 1. The first-order valence-corrected chi connectivity index (χ1v) is 5.91. The van der Waals surface area contributed by atoms with E-state index in [2.05, 4.69) is 44.4 Å². The molecule has 0 saturated carbocycles. The number of likely N-dealkylation sites (N-methyl/N-ethyl adjacent to an activating group) is 2. The second kappa shape index (κ2) is 5.32. The number of nitrogen functional groups attached to an aromatic ring is 1. The quantitative estimate of drug-likeness (QED) is 0.597. The average molecular weight is 253 g/mol. The lowest BCUT2D eigenvalue weighted by molar-refractivity contribution is 0.0872. The third kappa shape index (κ3) is 2.96. The number of amides is 1. The molecule has 1 amide bonds. The fraction of sp³-hybridized carbons (Fsp3) is 0.700. The number of aromatic nitrogens is 3. The van der Waals surface area contributed by atoms with Gasteiger partial charge in [-0.05, 0) is 14.1 Å². The van der Waals surface area contributed by atoms with Crippen molar-refractivity contribution in [3.05, 3.63) is 5.82 Å². The highest BCUT2D eigenvalue weighted by molar-refractivity contribution is 5.90. The van der Waals surface area contributed by atoms with Crippen LogP contribution >= 0.6 is 0 Å². The highest BCUT2D eigenvalue weighted by atomic mass is 16.2. The van der Waals surface area contributed by atoms with Crippen molar-refractivity contribution in [3.63, 3.8) is 0 Å². The Balaban J connectivity index is 1.85. The number of carbonyl (C=O) groups excluding carboxylic acids is 1. The number of rotatable bonds is 3. The van der Waals surface area contributed by atoms with Crippen molar-refractivity contribution in [1.82, 2.24) is 30.3 Å². The van der Waals surface area contributed by atoms with E-state index in [1.165, 1.54) is 0 Å². The van der Waals surface area contributed by atoms with Crippen LogP contribution in [0.5, 0.6) is 0 Å². The number of H-pyrrole nitrogens is 1. The van der Waals surface area contributed by atoms with E-state index in [1.54, 1.807) is 0 Å². The van der Waals surface area contributed by atoms with Gasteiger partial charge in [-0.15, -0.1) is 5.10 Å². The molecule has 1 atom stereocenters. The summed E-state index contributed by atoms with van der Waals surface area (Å²) in [5.74, 6) is -0.0465. The Labute approximate surface area is 106 Å². The van der Waals surface area contributed by atoms with Crippen molar-refractivity contribution in [3.8, 4) is 0 Å². The van der Waals surface area contributed by atoms with Crippen LogP contribution in [0.15, 0.2) is 0 Å². The van der Waals surface area contributed by atoms with Gasteiger partial charge in [0.25, 0.3) is 5.91 Å². The van der Waals surface area contributed by atoms with Gasteiger partial charge in [-0.3, -0.25) is 14.8 Å². The van der Waals surface area contributed by atoms with Crippen molar-refractivity contribution >= 4 is 11.9 Å². The van der Waals surface area contributed by atoms with Crippen LogP contribution in [0.1, 0.15) is 10.6 Å². The van der Waals surface area contributed by atoms with Gasteiger partial charge < -0.3 is 16.0 Å². The highest BCUT2D eigenvalue weighted by Crippen LogP contribution is 2.05. The molecule has 0 aromatic carbocycles. The first kappa shape index (κ1) is 12.8. The van der Waals surface area contributed by atoms with E-state index in [0.717, 1.165) is 19.6 Å². The summed E-state index contributed by atoms with van der Waals surface area (Å²) in [5, 5.41) is 8.95. The molecule has 18 heavy (non-hydrogen) atoms. The zero-order chi connectivity index (χ0) is 13.1. The smallest absolute Gasteiger partial charge is 0.288 e. The minimum atomic E-state index is -0.277. The summed E-state index contributed by atoms with van der Waals surface area (Å²) < 4.78 is 0. The molecule has 1 aliphatic heterocycles. The van der Waals surface area contributed by atoms with Gasteiger partial charge in [0.2, 0.25) is 11.8 Å². The molecular weight excluding hydrogens is 234 g/mol. The molecule has 8 heteroatoms. The van der Waals surface area contributed by atoms with Crippen LogP contribution in [0, 0.1) is 0 Å². The van der Waals surface area contributed by atoms with E-state index in [1.807, 2.05) is 0 Å². The van der Waals surface area contributed by atoms with Gasteiger partial charge in [0.1, 0.15) is 0 Å². The summed E-state index contributed by atoms with van der Waals surface area (Å²) in [6.45, 7) is 3.58. The highest BCUT2D eigenvalue weighted by Gasteiger charge is 2.23. The maximum Gasteiger partial charge on any atom is 0.288 e. The minimum absolute atomic E-state index is 0.0784. The van der Waals surface area contributed by atoms with E-state index >= 15 is 0 Å². The third-order valence-corrected chi connectivity index (χ3v) is 3.20. The van der Waals surface area contributed by atoms with Crippen molar-refractivity contribution in [2.75, 3.05) is 46.0 Å². The number of nitrogens with two attached hydrogens (primary N) is 1. The molecule has 0 radical (unpaired) electrons. The van der Waals surface area contributed by atoms with Crippen LogP contribution in [0.25, 0.3) is 0 Å². The number of piperazine rings is 1. The van der Waals surface area contributed by atoms with Gasteiger partial charge in [-0.25, -0.2) is 0 Å². The molecule has 1 fully saturated rings. The number of anilines is 1. The van der Waals surface area contributed by atoms with Crippen molar-refractivity contribution in [2.45, 2.75) is 6.04 Å². The minimum Gasteiger partial charge on any atom is -0.366 e. The maximum absolute atomic E-state index is 11.8. The molecule has 100 valence electrons. The third-order valence-electron chi connectivity index (χ3n) is 3.20. The zero-order valence-corrected chi connectivity index (χ0v) is 10.7. The van der Waals surface area contributed by atoms with Crippen molar-refractivity contribution in [2.24, 2.45) is 0 Å². The molecule has 0 bridgehead atoms. The summed E-state index contributed by atoms with van der Waals surface area (Å²) in [4.78, 5) is 20.0. The topological polar surface area (TPSA) is 103 Å². The van der Waals surface area contributed by atoms with E-state index in [-0.39, 0.29) is 17.7 Å². The van der Waals surface area contributed by atoms with Gasteiger partial charge in [-0.1, -0.05) is 0 Å².